The molecule has 0 fully saturated rings. The van der Waals surface area contributed by atoms with Gasteiger partial charge in [-0.1, -0.05) is 298 Å². The Hall–Kier alpha value is -9.39. The van der Waals surface area contributed by atoms with E-state index in [0.717, 1.165) is 70.5 Å². The molecule has 18 rings (SSSR count). The summed E-state index contributed by atoms with van der Waals surface area (Å²) >= 11 is 0. The Kier molecular flexibility index (Phi) is 17.5. The number of hydrogen-bond acceptors (Lipinski definition) is 6. The third-order valence-corrected chi connectivity index (χ3v) is 26.8. The molecule has 5 aliphatic rings. The first-order valence-electron chi connectivity index (χ1n) is 41.1. The summed E-state index contributed by atoms with van der Waals surface area (Å²) in [7, 11) is 0. The molecule has 0 saturated carbocycles. The smallest absolute Gasteiger partial charge is 0.238 e. The number of nitrogens with zero attached hydrogens (tertiary/aromatic N) is 4. The van der Waals surface area contributed by atoms with Crippen molar-refractivity contribution in [1.82, 2.24) is 15.0 Å². The molecule has 0 radical (unpaired) electrons. The number of aromatic nitrogens is 3. The van der Waals surface area contributed by atoms with Gasteiger partial charge in [0.15, 0.2) is 11.6 Å². The summed E-state index contributed by atoms with van der Waals surface area (Å²) in [4.78, 5) is 19.3. The Morgan fingerprint density at radius 3 is 1.46 bits per heavy atom. The van der Waals surface area contributed by atoms with Gasteiger partial charge in [0.2, 0.25) is 5.95 Å². The maximum atomic E-state index is 7.70. The van der Waals surface area contributed by atoms with E-state index in [4.69, 9.17) is 23.8 Å². The molecule has 5 aliphatic carbocycles. The van der Waals surface area contributed by atoms with Gasteiger partial charge in [0.25, 0.3) is 0 Å². The van der Waals surface area contributed by atoms with Gasteiger partial charge in [-0.05, 0) is 195 Å². The summed E-state index contributed by atoms with van der Waals surface area (Å²) in [5, 5.41) is 4.93. The van der Waals surface area contributed by atoms with Crippen LogP contribution in [0.5, 0.6) is 0 Å². The van der Waals surface area contributed by atoms with Crippen molar-refractivity contribution in [2.75, 3.05) is 4.90 Å². The second-order valence-corrected chi connectivity index (χ2v) is 33.7. The van der Waals surface area contributed by atoms with Crippen LogP contribution in [-0.4, -0.2) is 15.0 Å². The molecular formula is C100H104N4O2. The van der Waals surface area contributed by atoms with Gasteiger partial charge in [0.1, 0.15) is 22.3 Å². The first-order valence-corrected chi connectivity index (χ1v) is 41.1. The highest BCUT2D eigenvalue weighted by atomic mass is 16.3. The van der Waals surface area contributed by atoms with Gasteiger partial charge in [-0.2, -0.15) is 9.97 Å². The number of rotatable bonds is 25. The Labute approximate surface area is 628 Å². The zero-order valence-electron chi connectivity index (χ0n) is 64.1. The predicted octanol–water partition coefficient (Wildman–Crippen LogP) is 29.1. The number of anilines is 3. The van der Waals surface area contributed by atoms with Crippen molar-refractivity contribution >= 4 is 61.2 Å². The van der Waals surface area contributed by atoms with Crippen LogP contribution in [0.4, 0.5) is 17.3 Å². The van der Waals surface area contributed by atoms with Gasteiger partial charge in [-0.25, -0.2) is 4.98 Å². The number of hydrogen-bond donors (Lipinski definition) is 0. The summed E-state index contributed by atoms with van der Waals surface area (Å²) in [5.74, 6) is 1.88. The van der Waals surface area contributed by atoms with Gasteiger partial charge in [-0.15, -0.1) is 0 Å². The van der Waals surface area contributed by atoms with Crippen molar-refractivity contribution in [2.24, 2.45) is 5.41 Å². The van der Waals surface area contributed by atoms with Crippen molar-refractivity contribution in [2.45, 2.75) is 231 Å². The van der Waals surface area contributed by atoms with Crippen molar-refractivity contribution in [3.63, 3.8) is 0 Å². The molecular weight excluding hydrogens is 1290 g/mol. The quantitative estimate of drug-likeness (QED) is 0.0531. The molecule has 0 spiro atoms. The lowest BCUT2D eigenvalue weighted by molar-refractivity contribution is 0.154. The van der Waals surface area contributed by atoms with Gasteiger partial charge >= 0.3 is 0 Å². The fourth-order valence-corrected chi connectivity index (χ4v) is 21.3. The number of fused-ring (bicyclic) bond motifs is 21. The lowest BCUT2D eigenvalue weighted by atomic mass is 9.64. The van der Waals surface area contributed by atoms with Gasteiger partial charge in [0, 0.05) is 71.3 Å². The van der Waals surface area contributed by atoms with Crippen molar-refractivity contribution in [3.8, 4) is 67.3 Å². The molecule has 0 aliphatic heterocycles. The monoisotopic (exact) mass is 1390 g/mol. The van der Waals surface area contributed by atoms with Crippen LogP contribution in [0.3, 0.4) is 0 Å². The number of benzene rings is 10. The van der Waals surface area contributed by atoms with Crippen LogP contribution < -0.4 is 4.90 Å². The Bertz CT molecular complexity index is 5470. The summed E-state index contributed by atoms with van der Waals surface area (Å²) in [6, 6.07) is 73.3. The van der Waals surface area contributed by atoms with Crippen LogP contribution in [0.1, 0.15) is 254 Å². The van der Waals surface area contributed by atoms with Gasteiger partial charge in [0.05, 0.1) is 0 Å². The summed E-state index contributed by atoms with van der Waals surface area (Å²) < 4.78 is 14.3. The predicted molar refractivity (Wildman–Crippen MR) is 443 cm³/mol. The molecule has 6 nitrogen and oxygen atoms in total. The largest absolute Gasteiger partial charge is 0.456 e. The maximum absolute atomic E-state index is 7.70. The molecule has 0 amide bonds. The highest BCUT2D eigenvalue weighted by Crippen LogP contribution is 2.70. The fraction of sp³-hybridized carbons (Fsp3) is 0.370. The molecule has 3 aromatic heterocycles. The van der Waals surface area contributed by atoms with E-state index in [1.165, 1.54) is 222 Å². The average molecular weight is 1390 g/mol. The lowest BCUT2D eigenvalue weighted by Crippen LogP contribution is -2.32. The zero-order valence-corrected chi connectivity index (χ0v) is 64.1. The van der Waals surface area contributed by atoms with E-state index in [2.05, 4.69) is 254 Å². The van der Waals surface area contributed by atoms with E-state index in [1.54, 1.807) is 16.7 Å². The number of furan rings is 2. The van der Waals surface area contributed by atoms with Gasteiger partial charge in [-0.3, -0.25) is 4.90 Å². The van der Waals surface area contributed by atoms with Crippen LogP contribution in [0.25, 0.3) is 111 Å². The normalized spacial score (nSPS) is 18.0. The highest BCUT2D eigenvalue weighted by Gasteiger charge is 2.57. The Morgan fingerprint density at radius 2 is 0.821 bits per heavy atom. The topological polar surface area (TPSA) is 68.2 Å². The van der Waals surface area contributed by atoms with Crippen molar-refractivity contribution in [3.05, 3.63) is 239 Å². The Morgan fingerprint density at radius 1 is 0.340 bits per heavy atom. The molecule has 6 heteroatoms. The maximum Gasteiger partial charge on any atom is 0.238 e. The summed E-state index contributed by atoms with van der Waals surface area (Å²) in [5.41, 5.74) is 29.3. The van der Waals surface area contributed by atoms with E-state index in [9.17, 15) is 0 Å². The van der Waals surface area contributed by atoms with E-state index in [1.807, 2.05) is 0 Å². The minimum atomic E-state index is -0.387. The minimum absolute atomic E-state index is 0.188. The second kappa shape index (κ2) is 27.1. The SMILES string of the molecule is CCCCCCCC12CCC(CCCCC)(CCCCC)CCC3(CCCCCCC)c4ccccc4-c4c3c1c(c1oc3ccccc3c41)-c1ccc(N(c3ccc4c(c3)C(C)(C)c3cc5c(cc3-4)C(C)(C)c3ccc4oc6ccccc6c4c3-5)c3nc(-c4ccccc4)nc(-c4ccccc4)n3)cc12. The third-order valence-electron chi connectivity index (χ3n) is 26.8. The first-order chi connectivity index (χ1) is 51.8. The van der Waals surface area contributed by atoms with Crippen molar-refractivity contribution < 1.29 is 8.83 Å². The van der Waals surface area contributed by atoms with Crippen molar-refractivity contribution in [1.29, 1.82) is 0 Å². The Balaban J connectivity index is 0.900. The van der Waals surface area contributed by atoms with Crippen LogP contribution in [-0.2, 0) is 21.7 Å². The fourth-order valence-electron chi connectivity index (χ4n) is 21.3. The van der Waals surface area contributed by atoms with Gasteiger partial charge < -0.3 is 8.83 Å². The second-order valence-electron chi connectivity index (χ2n) is 33.7. The van der Waals surface area contributed by atoms with E-state index in [-0.39, 0.29) is 27.1 Å². The van der Waals surface area contributed by atoms with E-state index in [0.29, 0.717) is 17.6 Å². The minimum Gasteiger partial charge on any atom is -0.456 e. The molecule has 13 aromatic rings. The van der Waals surface area contributed by atoms with Crippen LogP contribution in [0.15, 0.2) is 203 Å². The lowest BCUT2D eigenvalue weighted by Gasteiger charge is -2.40. The number of para-hydroxylation sites is 2. The molecule has 2 unspecified atom stereocenters. The molecule has 0 bridgehead atoms. The van der Waals surface area contributed by atoms with Crippen LogP contribution in [0, 0.1) is 5.41 Å². The average Bonchev–Trinajstić information content (AvgIpc) is 1.50. The molecule has 106 heavy (non-hydrogen) atoms. The summed E-state index contributed by atoms with van der Waals surface area (Å²) in [6.45, 7) is 19.3. The highest BCUT2D eigenvalue weighted by molar-refractivity contribution is 6.21. The van der Waals surface area contributed by atoms with E-state index < -0.39 is 0 Å². The molecule has 2 atom stereocenters. The van der Waals surface area contributed by atoms with Crippen LogP contribution in [0.2, 0.25) is 0 Å². The van der Waals surface area contributed by atoms with Crippen LogP contribution >= 0.6 is 0 Å². The zero-order chi connectivity index (χ0) is 72.1. The number of unbranched alkanes of at least 4 members (excludes halogenated alkanes) is 12. The third kappa shape index (κ3) is 10.8. The molecule has 10 aromatic carbocycles. The standard InChI is InChI=1S/C100H104N4O2/c1-9-13-17-19-35-55-99-59-57-98(53-33-15-11-3,54-34-16-12-4)58-60-100(56-36-20-18-14-10-2)81-62-68(48-50-71(81)89-91(100)90(99)87(70-41-27-30-44-76(70)99)88-73-43-29-32-46-83(73)106-92(88)89)104(95-102-93(65-37-23-21-24-38-65)101-94(103-95)66-39-25-22-26-40-66)67-47-49-69-74-63-80-75(64-79(74)97(7,8)78(69)61-67)85-77(96(80,5)6)51-52-84-86(85)72-42-28-31-45-82(72)105-84/h21-32,37-52,61-64H,9-20,33-36,53-60H2,1-8H3. The molecule has 0 N–H and O–H groups in total. The molecule has 536 valence electrons. The molecule has 3 heterocycles. The molecule has 0 saturated heterocycles. The first kappa shape index (κ1) is 68.4. The van der Waals surface area contributed by atoms with E-state index >= 15 is 0 Å². The summed E-state index contributed by atoms with van der Waals surface area (Å²) in [6.07, 6.45) is 29.5.